The standard InChI is InChI=1S/C14H23FN2/c1-5-11(3)17(6-2)14-8-7-12(10-16-4)9-13(14)15/h7-9,11,16H,5-6,10H2,1-4H3. The minimum Gasteiger partial charge on any atom is -0.367 e. The van der Waals surface area contributed by atoms with Gasteiger partial charge in [0.25, 0.3) is 0 Å². The van der Waals surface area contributed by atoms with Crippen LogP contribution in [0.4, 0.5) is 10.1 Å². The van der Waals surface area contributed by atoms with Crippen LogP contribution >= 0.6 is 0 Å². The van der Waals surface area contributed by atoms with Crippen molar-refractivity contribution >= 4 is 5.69 Å². The van der Waals surface area contributed by atoms with Crippen molar-refractivity contribution in [1.29, 1.82) is 0 Å². The van der Waals surface area contributed by atoms with Crippen molar-refractivity contribution in [2.24, 2.45) is 0 Å². The van der Waals surface area contributed by atoms with E-state index in [4.69, 9.17) is 0 Å². The molecule has 1 atom stereocenters. The highest BCUT2D eigenvalue weighted by Gasteiger charge is 2.15. The molecule has 17 heavy (non-hydrogen) atoms. The zero-order chi connectivity index (χ0) is 12.8. The van der Waals surface area contributed by atoms with Gasteiger partial charge in [-0.05, 0) is 45.0 Å². The van der Waals surface area contributed by atoms with Crippen molar-refractivity contribution in [2.45, 2.75) is 39.8 Å². The molecule has 0 saturated heterocycles. The second-order valence-corrected chi connectivity index (χ2v) is 4.36. The Bertz CT molecular complexity index is 352. The average Bonchev–Trinajstić information content (AvgIpc) is 2.32. The highest BCUT2D eigenvalue weighted by molar-refractivity contribution is 5.50. The van der Waals surface area contributed by atoms with Crippen LogP contribution in [0.25, 0.3) is 0 Å². The third kappa shape index (κ3) is 3.43. The maximum atomic E-state index is 14.0. The number of anilines is 1. The van der Waals surface area contributed by atoms with Crippen molar-refractivity contribution in [3.8, 4) is 0 Å². The summed E-state index contributed by atoms with van der Waals surface area (Å²) in [5.74, 6) is -0.125. The van der Waals surface area contributed by atoms with Crippen LogP contribution in [0.1, 0.15) is 32.8 Å². The van der Waals surface area contributed by atoms with Gasteiger partial charge in [-0.3, -0.25) is 0 Å². The molecule has 0 bridgehead atoms. The molecule has 1 unspecified atom stereocenters. The topological polar surface area (TPSA) is 15.3 Å². The third-order valence-electron chi connectivity index (χ3n) is 3.17. The molecule has 0 aliphatic carbocycles. The van der Waals surface area contributed by atoms with Gasteiger partial charge in [0.2, 0.25) is 0 Å². The maximum Gasteiger partial charge on any atom is 0.146 e. The minimum absolute atomic E-state index is 0.125. The number of halogens is 1. The second-order valence-electron chi connectivity index (χ2n) is 4.36. The summed E-state index contributed by atoms with van der Waals surface area (Å²) in [6.45, 7) is 7.85. The maximum absolute atomic E-state index is 14.0. The van der Waals surface area contributed by atoms with E-state index < -0.39 is 0 Å². The predicted molar refractivity (Wildman–Crippen MR) is 71.9 cm³/mol. The quantitative estimate of drug-likeness (QED) is 0.819. The summed E-state index contributed by atoms with van der Waals surface area (Å²) >= 11 is 0. The SMILES string of the molecule is CCC(C)N(CC)c1ccc(CNC)cc1F. The molecule has 96 valence electrons. The van der Waals surface area contributed by atoms with Gasteiger partial charge in [-0.2, -0.15) is 0 Å². The first-order valence-electron chi connectivity index (χ1n) is 6.33. The molecule has 0 saturated carbocycles. The zero-order valence-electron chi connectivity index (χ0n) is 11.3. The Hall–Kier alpha value is -1.09. The van der Waals surface area contributed by atoms with Crippen LogP contribution in [0.3, 0.4) is 0 Å². The Kier molecular flexibility index (Phi) is 5.42. The van der Waals surface area contributed by atoms with E-state index in [0.29, 0.717) is 18.3 Å². The lowest BCUT2D eigenvalue weighted by molar-refractivity contribution is 0.581. The van der Waals surface area contributed by atoms with Gasteiger partial charge in [-0.1, -0.05) is 13.0 Å². The summed E-state index contributed by atoms with van der Waals surface area (Å²) in [5.41, 5.74) is 1.69. The van der Waals surface area contributed by atoms with E-state index in [2.05, 4.69) is 31.0 Å². The highest BCUT2D eigenvalue weighted by atomic mass is 19.1. The number of hydrogen-bond acceptors (Lipinski definition) is 2. The third-order valence-corrected chi connectivity index (χ3v) is 3.17. The lowest BCUT2D eigenvalue weighted by Crippen LogP contribution is -2.33. The molecule has 0 aromatic heterocycles. The van der Waals surface area contributed by atoms with E-state index in [0.717, 1.165) is 18.5 Å². The Morgan fingerprint density at radius 2 is 2.06 bits per heavy atom. The highest BCUT2D eigenvalue weighted by Crippen LogP contribution is 2.23. The molecule has 0 aliphatic rings. The molecule has 0 fully saturated rings. The molecule has 1 rings (SSSR count). The summed E-state index contributed by atoms with van der Waals surface area (Å²) in [6, 6.07) is 5.86. The molecule has 3 heteroatoms. The predicted octanol–water partition coefficient (Wildman–Crippen LogP) is 3.17. The number of rotatable bonds is 6. The van der Waals surface area contributed by atoms with Crippen molar-refractivity contribution in [3.63, 3.8) is 0 Å². The summed E-state index contributed by atoms with van der Waals surface area (Å²) in [5, 5.41) is 3.03. The largest absolute Gasteiger partial charge is 0.367 e. The van der Waals surface area contributed by atoms with Crippen molar-refractivity contribution in [1.82, 2.24) is 5.32 Å². The van der Waals surface area contributed by atoms with E-state index in [1.54, 1.807) is 6.07 Å². The molecule has 0 aliphatic heterocycles. The van der Waals surface area contributed by atoms with Gasteiger partial charge in [0.05, 0.1) is 5.69 Å². The summed E-state index contributed by atoms with van der Waals surface area (Å²) < 4.78 is 14.0. The van der Waals surface area contributed by atoms with Crippen LogP contribution in [0.2, 0.25) is 0 Å². The molecular formula is C14H23FN2. The van der Waals surface area contributed by atoms with Crippen LogP contribution in [0.15, 0.2) is 18.2 Å². The molecule has 2 nitrogen and oxygen atoms in total. The van der Waals surface area contributed by atoms with Crippen LogP contribution in [0.5, 0.6) is 0 Å². The monoisotopic (exact) mass is 238 g/mol. The fourth-order valence-electron chi connectivity index (χ4n) is 2.04. The van der Waals surface area contributed by atoms with Gasteiger partial charge in [0.1, 0.15) is 5.82 Å². The van der Waals surface area contributed by atoms with Gasteiger partial charge in [0.15, 0.2) is 0 Å². The average molecular weight is 238 g/mol. The lowest BCUT2D eigenvalue weighted by Gasteiger charge is -2.30. The summed E-state index contributed by atoms with van der Waals surface area (Å²) in [4.78, 5) is 2.11. The van der Waals surface area contributed by atoms with Gasteiger partial charge < -0.3 is 10.2 Å². The van der Waals surface area contributed by atoms with E-state index in [9.17, 15) is 4.39 Å². The van der Waals surface area contributed by atoms with Crippen molar-refractivity contribution < 1.29 is 4.39 Å². The number of nitrogens with zero attached hydrogens (tertiary/aromatic N) is 1. The minimum atomic E-state index is -0.125. The van der Waals surface area contributed by atoms with Crippen LogP contribution in [-0.2, 0) is 6.54 Å². The summed E-state index contributed by atoms with van der Waals surface area (Å²) in [7, 11) is 1.86. The van der Waals surface area contributed by atoms with Gasteiger partial charge >= 0.3 is 0 Å². The number of hydrogen-bond donors (Lipinski definition) is 1. The first-order chi connectivity index (χ1) is 8.13. The Labute approximate surface area is 104 Å². The fraction of sp³-hybridized carbons (Fsp3) is 0.571. The van der Waals surface area contributed by atoms with E-state index in [-0.39, 0.29) is 5.82 Å². The molecule has 1 N–H and O–H groups in total. The zero-order valence-corrected chi connectivity index (χ0v) is 11.3. The fourth-order valence-corrected chi connectivity index (χ4v) is 2.04. The number of nitrogens with one attached hydrogen (secondary N) is 1. The van der Waals surface area contributed by atoms with Crippen LogP contribution in [-0.4, -0.2) is 19.6 Å². The van der Waals surface area contributed by atoms with E-state index >= 15 is 0 Å². The smallest absolute Gasteiger partial charge is 0.146 e. The van der Waals surface area contributed by atoms with E-state index in [1.165, 1.54) is 0 Å². The van der Waals surface area contributed by atoms with Crippen LogP contribution in [0, 0.1) is 5.82 Å². The Morgan fingerprint density at radius 1 is 1.35 bits per heavy atom. The molecule has 0 amide bonds. The molecule has 0 radical (unpaired) electrons. The summed E-state index contributed by atoms with van der Waals surface area (Å²) in [6.07, 6.45) is 1.02. The first kappa shape index (κ1) is 14.0. The lowest BCUT2D eigenvalue weighted by atomic mass is 10.1. The normalized spacial score (nSPS) is 12.5. The van der Waals surface area contributed by atoms with E-state index in [1.807, 2.05) is 19.2 Å². The second kappa shape index (κ2) is 6.60. The van der Waals surface area contributed by atoms with Crippen molar-refractivity contribution in [2.75, 3.05) is 18.5 Å². The van der Waals surface area contributed by atoms with Crippen LogP contribution < -0.4 is 10.2 Å². The number of benzene rings is 1. The molecule has 1 aromatic rings. The Balaban J connectivity index is 2.96. The molecule has 0 heterocycles. The van der Waals surface area contributed by atoms with Crippen molar-refractivity contribution in [3.05, 3.63) is 29.6 Å². The van der Waals surface area contributed by atoms with Gasteiger partial charge in [-0.25, -0.2) is 4.39 Å². The van der Waals surface area contributed by atoms with Gasteiger partial charge in [0, 0.05) is 19.1 Å². The Morgan fingerprint density at radius 3 is 2.53 bits per heavy atom. The molecule has 0 spiro atoms. The van der Waals surface area contributed by atoms with Gasteiger partial charge in [-0.15, -0.1) is 0 Å². The molecular weight excluding hydrogens is 215 g/mol. The molecule has 1 aromatic carbocycles. The first-order valence-corrected chi connectivity index (χ1v) is 6.33.